The Bertz CT molecular complexity index is 892. The lowest BCUT2D eigenvalue weighted by Gasteiger charge is -2.57. The summed E-state index contributed by atoms with van der Waals surface area (Å²) in [5, 5.41) is 0. The van der Waals surface area contributed by atoms with Gasteiger partial charge in [-0.25, -0.2) is 4.79 Å². The van der Waals surface area contributed by atoms with Gasteiger partial charge in [-0.2, -0.15) is 0 Å². The summed E-state index contributed by atoms with van der Waals surface area (Å²) in [5.41, 5.74) is 0.797. The molecule has 1 aromatic rings. The predicted molar refractivity (Wildman–Crippen MR) is 126 cm³/mol. The first-order valence-electron chi connectivity index (χ1n) is 12.9. The minimum Gasteiger partial charge on any atom is -0.434 e. The van der Waals surface area contributed by atoms with Crippen molar-refractivity contribution in [3.8, 4) is 5.75 Å². The Morgan fingerprint density at radius 2 is 1.47 bits per heavy atom. The Kier molecular flexibility index (Phi) is 6.54. The molecule has 4 aliphatic carbocycles. The lowest BCUT2D eigenvalue weighted by atomic mass is 9.49. The molecule has 34 heavy (non-hydrogen) atoms. The second-order valence-electron chi connectivity index (χ2n) is 10.9. The largest absolute Gasteiger partial charge is 0.513 e. The summed E-state index contributed by atoms with van der Waals surface area (Å²) in [6.07, 6.45) is 8.66. The van der Waals surface area contributed by atoms with E-state index in [0.717, 1.165) is 30.7 Å². The molecular formula is C27H36N2O5. The zero-order chi connectivity index (χ0) is 23.7. The predicted octanol–water partition coefficient (Wildman–Crippen LogP) is 4.50. The minimum absolute atomic E-state index is 0.0573. The van der Waals surface area contributed by atoms with Crippen molar-refractivity contribution in [3.63, 3.8) is 0 Å². The number of carbonyl (C=O) groups is 3. The van der Waals surface area contributed by atoms with Crippen molar-refractivity contribution in [2.24, 2.45) is 23.2 Å². The van der Waals surface area contributed by atoms with Gasteiger partial charge in [0.1, 0.15) is 5.75 Å². The van der Waals surface area contributed by atoms with Crippen LogP contribution in [0.5, 0.6) is 5.75 Å². The number of amides is 2. The van der Waals surface area contributed by atoms with Crippen LogP contribution in [0.25, 0.3) is 0 Å². The molecule has 2 amide bonds. The Morgan fingerprint density at radius 1 is 0.882 bits per heavy atom. The Hall–Kier alpha value is -2.57. The highest BCUT2D eigenvalue weighted by Crippen LogP contribution is 2.61. The quantitative estimate of drug-likeness (QED) is 0.470. The molecule has 0 radical (unpaired) electrons. The first kappa shape index (κ1) is 23.2. The van der Waals surface area contributed by atoms with Crippen molar-refractivity contribution in [3.05, 3.63) is 29.8 Å². The molecule has 7 heteroatoms. The van der Waals surface area contributed by atoms with Crippen LogP contribution >= 0.6 is 0 Å². The van der Waals surface area contributed by atoms with Crippen molar-refractivity contribution in [1.82, 2.24) is 9.80 Å². The highest BCUT2D eigenvalue weighted by molar-refractivity contribution is 5.94. The third kappa shape index (κ3) is 4.93. The summed E-state index contributed by atoms with van der Waals surface area (Å²) in [5.74, 6) is 3.13. The summed E-state index contributed by atoms with van der Waals surface area (Å²) in [4.78, 5) is 41.7. The average molecular weight is 469 g/mol. The third-order valence-electron chi connectivity index (χ3n) is 8.39. The molecule has 7 nitrogen and oxygen atoms in total. The Morgan fingerprint density at radius 3 is 2.09 bits per heavy atom. The van der Waals surface area contributed by atoms with Crippen LogP contribution in [0.3, 0.4) is 0 Å². The number of rotatable bonds is 5. The van der Waals surface area contributed by atoms with E-state index in [4.69, 9.17) is 9.47 Å². The van der Waals surface area contributed by atoms with Gasteiger partial charge in [-0.3, -0.25) is 9.59 Å². The van der Waals surface area contributed by atoms with E-state index in [9.17, 15) is 14.4 Å². The van der Waals surface area contributed by atoms with Gasteiger partial charge in [0.05, 0.1) is 6.61 Å². The topological polar surface area (TPSA) is 76.2 Å². The van der Waals surface area contributed by atoms with E-state index < -0.39 is 6.16 Å². The van der Waals surface area contributed by atoms with E-state index in [-0.39, 0.29) is 23.8 Å². The highest BCUT2D eigenvalue weighted by atomic mass is 16.7. The minimum atomic E-state index is -0.757. The number of hydrogen-bond donors (Lipinski definition) is 0. The van der Waals surface area contributed by atoms with Crippen LogP contribution in [-0.4, -0.2) is 60.6 Å². The smallest absolute Gasteiger partial charge is 0.434 e. The highest BCUT2D eigenvalue weighted by Gasteiger charge is 2.51. The fourth-order valence-electron chi connectivity index (χ4n) is 7.40. The fourth-order valence-corrected chi connectivity index (χ4v) is 7.40. The molecule has 1 aliphatic heterocycles. The normalized spacial score (nSPS) is 30.1. The van der Waals surface area contributed by atoms with Crippen LogP contribution in [0.1, 0.15) is 68.6 Å². The van der Waals surface area contributed by atoms with Crippen molar-refractivity contribution < 1.29 is 23.9 Å². The molecule has 1 aromatic carbocycles. The summed E-state index contributed by atoms with van der Waals surface area (Å²) in [6.45, 7) is 4.46. The van der Waals surface area contributed by atoms with Crippen molar-refractivity contribution >= 4 is 18.0 Å². The van der Waals surface area contributed by atoms with Crippen LogP contribution < -0.4 is 4.74 Å². The summed E-state index contributed by atoms with van der Waals surface area (Å²) < 4.78 is 9.84. The molecule has 184 valence electrons. The summed E-state index contributed by atoms with van der Waals surface area (Å²) in [6, 6.07) is 6.53. The number of hydrogen-bond acceptors (Lipinski definition) is 5. The molecule has 0 N–H and O–H groups in total. The molecule has 6 rings (SSSR count). The maximum Gasteiger partial charge on any atom is 0.513 e. The van der Waals surface area contributed by atoms with Crippen molar-refractivity contribution in [1.29, 1.82) is 0 Å². The van der Waals surface area contributed by atoms with Crippen molar-refractivity contribution in [2.45, 2.75) is 58.3 Å². The van der Waals surface area contributed by atoms with Gasteiger partial charge in [0.2, 0.25) is 5.91 Å². The molecule has 4 saturated carbocycles. The molecule has 0 unspecified atom stereocenters. The molecule has 0 spiro atoms. The molecule has 1 saturated heterocycles. The van der Waals surface area contributed by atoms with Gasteiger partial charge < -0.3 is 19.3 Å². The van der Waals surface area contributed by atoms with Gasteiger partial charge >= 0.3 is 6.16 Å². The maximum atomic E-state index is 13.3. The van der Waals surface area contributed by atoms with E-state index in [2.05, 4.69) is 0 Å². The maximum absolute atomic E-state index is 13.3. The van der Waals surface area contributed by atoms with Gasteiger partial charge in [0, 0.05) is 38.2 Å². The molecule has 0 aromatic heterocycles. The lowest BCUT2D eigenvalue weighted by Crippen LogP contribution is -2.48. The standard InChI is InChI=1S/C27H36N2O5/c1-2-33-26(32)34-23-6-4-22(5-7-23)25(31)29-9-3-8-28(10-11-29)24(30)18-27-15-19-12-20(16-27)14-21(13-19)17-27/h4-7,19-21H,2-3,8-18H2,1H3. The zero-order valence-electron chi connectivity index (χ0n) is 20.2. The summed E-state index contributed by atoms with van der Waals surface area (Å²) >= 11 is 0. The second-order valence-corrected chi connectivity index (χ2v) is 10.9. The lowest BCUT2D eigenvalue weighted by molar-refractivity contribution is -0.139. The first-order valence-corrected chi connectivity index (χ1v) is 12.9. The van der Waals surface area contributed by atoms with Crippen LogP contribution in [-0.2, 0) is 9.53 Å². The van der Waals surface area contributed by atoms with Gasteiger partial charge in [-0.1, -0.05) is 0 Å². The van der Waals surface area contributed by atoms with E-state index in [1.165, 1.54) is 38.5 Å². The van der Waals surface area contributed by atoms with E-state index in [1.54, 1.807) is 31.2 Å². The number of carbonyl (C=O) groups excluding carboxylic acids is 3. The molecule has 5 aliphatic rings. The van der Waals surface area contributed by atoms with Crippen LogP contribution in [0, 0.1) is 23.2 Å². The molecule has 1 heterocycles. The molecule has 5 fully saturated rings. The Labute approximate surface area is 201 Å². The summed E-state index contributed by atoms with van der Waals surface area (Å²) in [7, 11) is 0. The number of nitrogens with zero attached hydrogens (tertiary/aromatic N) is 2. The van der Waals surface area contributed by atoms with Gasteiger partial charge in [0.15, 0.2) is 0 Å². The van der Waals surface area contributed by atoms with E-state index in [1.807, 2.05) is 9.80 Å². The SMILES string of the molecule is CCOC(=O)Oc1ccc(C(=O)N2CCCN(C(=O)CC34CC5CC(CC(C5)C3)C4)CC2)cc1. The third-order valence-corrected chi connectivity index (χ3v) is 8.39. The fraction of sp³-hybridized carbons (Fsp3) is 0.667. The van der Waals surface area contributed by atoms with E-state index in [0.29, 0.717) is 37.4 Å². The number of ether oxygens (including phenoxy) is 2. The monoisotopic (exact) mass is 468 g/mol. The molecular weight excluding hydrogens is 432 g/mol. The van der Waals surface area contributed by atoms with Gasteiger partial charge in [-0.05, 0) is 99.3 Å². The van der Waals surface area contributed by atoms with E-state index >= 15 is 0 Å². The number of benzene rings is 1. The van der Waals surface area contributed by atoms with Gasteiger partial charge in [-0.15, -0.1) is 0 Å². The second kappa shape index (κ2) is 9.59. The molecule has 4 bridgehead atoms. The van der Waals surface area contributed by atoms with Gasteiger partial charge in [0.25, 0.3) is 5.91 Å². The van der Waals surface area contributed by atoms with Crippen molar-refractivity contribution in [2.75, 3.05) is 32.8 Å². The first-order chi connectivity index (χ1) is 16.4. The Balaban J connectivity index is 1.15. The van der Waals surface area contributed by atoms with Crippen LogP contribution in [0.15, 0.2) is 24.3 Å². The zero-order valence-corrected chi connectivity index (χ0v) is 20.2. The van der Waals surface area contributed by atoms with Crippen LogP contribution in [0.2, 0.25) is 0 Å². The average Bonchev–Trinajstić information content (AvgIpc) is 3.04. The van der Waals surface area contributed by atoms with Crippen LogP contribution in [0.4, 0.5) is 4.79 Å². The molecule has 0 atom stereocenters.